The minimum Gasteiger partial charge on any atom is -0.438 e. The van der Waals surface area contributed by atoms with E-state index in [1.165, 1.54) is 0 Å². The smallest absolute Gasteiger partial charge is 0.411 e. The van der Waals surface area contributed by atoms with Crippen LogP contribution in [0.3, 0.4) is 0 Å². The Morgan fingerprint density at radius 3 is 2.43 bits per heavy atom. The Kier molecular flexibility index (Phi) is 6.75. The summed E-state index contributed by atoms with van der Waals surface area (Å²) in [5.41, 5.74) is 0.965. The minimum absolute atomic E-state index is 0.0721. The Bertz CT molecular complexity index is 783. The third kappa shape index (κ3) is 4.40. The highest BCUT2D eigenvalue weighted by molar-refractivity contribution is 9.10. The summed E-state index contributed by atoms with van der Waals surface area (Å²) in [7, 11) is 0. The first kappa shape index (κ1) is 20.8. The predicted octanol–water partition coefficient (Wildman–Crippen LogP) is 4.38. The van der Waals surface area contributed by atoms with Gasteiger partial charge in [-0.2, -0.15) is 0 Å². The van der Waals surface area contributed by atoms with Crippen LogP contribution >= 0.6 is 15.9 Å². The lowest BCUT2D eigenvalue weighted by molar-refractivity contribution is -0.0905. The second-order valence-electron chi connectivity index (χ2n) is 7.19. The van der Waals surface area contributed by atoms with Crippen LogP contribution in [0.5, 0.6) is 0 Å². The molecule has 1 aliphatic rings. The summed E-state index contributed by atoms with van der Waals surface area (Å²) in [6, 6.07) is 17.4. The lowest BCUT2D eigenvalue weighted by Gasteiger charge is -2.44. The molecule has 0 spiro atoms. The summed E-state index contributed by atoms with van der Waals surface area (Å²) >= 11 is 3.45. The quantitative estimate of drug-likeness (QED) is 0.660. The third-order valence-corrected chi connectivity index (χ3v) is 5.90. The molecule has 0 aliphatic carbocycles. The van der Waals surface area contributed by atoms with Crippen molar-refractivity contribution in [3.8, 4) is 0 Å². The molecule has 3 atom stereocenters. The number of rotatable bonds is 7. The van der Waals surface area contributed by atoms with Gasteiger partial charge in [0.1, 0.15) is 5.60 Å². The molecular formula is C22H26BrNO4. The van der Waals surface area contributed by atoms with E-state index in [-0.39, 0.29) is 19.1 Å². The number of amides is 1. The van der Waals surface area contributed by atoms with Crippen LogP contribution in [0.15, 0.2) is 59.1 Å². The fourth-order valence-electron chi connectivity index (χ4n) is 3.93. The van der Waals surface area contributed by atoms with Gasteiger partial charge in [-0.25, -0.2) is 4.79 Å². The Morgan fingerprint density at radius 2 is 1.86 bits per heavy atom. The highest BCUT2D eigenvalue weighted by Crippen LogP contribution is 2.41. The van der Waals surface area contributed by atoms with Crippen LogP contribution in [0.1, 0.15) is 43.4 Å². The van der Waals surface area contributed by atoms with Crippen molar-refractivity contribution in [1.82, 2.24) is 4.90 Å². The first-order chi connectivity index (χ1) is 13.5. The van der Waals surface area contributed by atoms with E-state index in [2.05, 4.69) is 22.9 Å². The minimum atomic E-state index is -0.951. The van der Waals surface area contributed by atoms with E-state index in [9.17, 15) is 15.0 Å². The average Bonchev–Trinajstić information content (AvgIpc) is 2.72. The molecule has 28 heavy (non-hydrogen) atoms. The number of carbonyl (C=O) groups is 1. The lowest BCUT2D eigenvalue weighted by Crippen LogP contribution is -2.50. The van der Waals surface area contributed by atoms with Crippen LogP contribution in [-0.2, 0) is 10.3 Å². The molecule has 5 nitrogen and oxygen atoms in total. The van der Waals surface area contributed by atoms with E-state index in [0.717, 1.165) is 22.0 Å². The molecule has 1 aliphatic heterocycles. The van der Waals surface area contributed by atoms with Crippen LogP contribution in [-0.4, -0.2) is 40.5 Å². The van der Waals surface area contributed by atoms with Gasteiger partial charge in [0.15, 0.2) is 0 Å². The van der Waals surface area contributed by atoms with E-state index in [1.54, 1.807) is 4.90 Å². The molecular weight excluding hydrogens is 422 g/mol. The SMILES string of the molecule is CCC(c1ccc(Br)cc1)N1CCC(CC(O)CO)(c2ccccc2)OC1=O. The predicted molar refractivity (Wildman–Crippen MR) is 111 cm³/mol. The number of cyclic esters (lactones) is 1. The van der Waals surface area contributed by atoms with E-state index in [0.29, 0.717) is 13.0 Å². The lowest BCUT2D eigenvalue weighted by atomic mass is 9.83. The fourth-order valence-corrected chi connectivity index (χ4v) is 4.19. The summed E-state index contributed by atoms with van der Waals surface area (Å²) in [6.45, 7) is 2.20. The second kappa shape index (κ2) is 9.07. The molecule has 3 unspecified atom stereocenters. The first-order valence-electron chi connectivity index (χ1n) is 9.58. The van der Waals surface area contributed by atoms with Gasteiger partial charge in [0.25, 0.3) is 0 Å². The molecule has 0 bridgehead atoms. The van der Waals surface area contributed by atoms with Crippen molar-refractivity contribution < 1.29 is 19.7 Å². The monoisotopic (exact) mass is 447 g/mol. The molecule has 2 N–H and O–H groups in total. The first-order valence-corrected chi connectivity index (χ1v) is 10.4. The van der Waals surface area contributed by atoms with Gasteiger partial charge < -0.3 is 19.8 Å². The van der Waals surface area contributed by atoms with E-state index >= 15 is 0 Å². The van der Waals surface area contributed by atoms with Gasteiger partial charge in [0, 0.05) is 23.9 Å². The molecule has 2 aromatic carbocycles. The van der Waals surface area contributed by atoms with Crippen molar-refractivity contribution >= 4 is 22.0 Å². The highest BCUT2D eigenvalue weighted by Gasteiger charge is 2.45. The molecule has 0 radical (unpaired) electrons. The van der Waals surface area contributed by atoms with Crippen LogP contribution in [0.25, 0.3) is 0 Å². The number of nitrogens with zero attached hydrogens (tertiary/aromatic N) is 1. The average molecular weight is 448 g/mol. The summed E-state index contributed by atoms with van der Waals surface area (Å²) < 4.78 is 6.97. The van der Waals surface area contributed by atoms with Crippen LogP contribution in [0, 0.1) is 0 Å². The van der Waals surface area contributed by atoms with Crippen LogP contribution in [0.4, 0.5) is 4.79 Å². The largest absolute Gasteiger partial charge is 0.438 e. The standard InChI is InChI=1S/C22H26BrNO4/c1-2-20(16-8-10-18(23)11-9-16)24-13-12-22(28-21(24)27,14-19(26)15-25)17-6-4-3-5-7-17/h3-11,19-20,25-26H,2,12-15H2,1H3. The summed E-state index contributed by atoms with van der Waals surface area (Å²) in [5.74, 6) is 0. The van der Waals surface area contributed by atoms with Gasteiger partial charge in [-0.1, -0.05) is 65.3 Å². The van der Waals surface area contributed by atoms with Crippen LogP contribution in [0.2, 0.25) is 0 Å². The second-order valence-corrected chi connectivity index (χ2v) is 8.10. The number of ether oxygens (including phenoxy) is 1. The van der Waals surface area contributed by atoms with Crippen molar-refractivity contribution in [1.29, 1.82) is 0 Å². The number of carbonyl (C=O) groups excluding carboxylic acids is 1. The van der Waals surface area contributed by atoms with Gasteiger partial charge in [-0.3, -0.25) is 0 Å². The van der Waals surface area contributed by atoms with Gasteiger partial charge in [0.2, 0.25) is 0 Å². The molecule has 1 saturated heterocycles. The maximum Gasteiger partial charge on any atom is 0.411 e. The maximum absolute atomic E-state index is 13.0. The van der Waals surface area contributed by atoms with Crippen molar-refractivity contribution in [3.05, 3.63) is 70.2 Å². The van der Waals surface area contributed by atoms with Crippen LogP contribution < -0.4 is 0 Å². The number of benzene rings is 2. The molecule has 150 valence electrons. The number of hydrogen-bond donors (Lipinski definition) is 2. The summed E-state index contributed by atoms with van der Waals surface area (Å²) in [6.07, 6.45) is 0.145. The van der Waals surface area contributed by atoms with E-state index in [1.807, 2.05) is 54.6 Å². The molecule has 3 rings (SSSR count). The van der Waals surface area contributed by atoms with Crippen molar-refractivity contribution in [2.45, 2.75) is 43.9 Å². The highest BCUT2D eigenvalue weighted by atomic mass is 79.9. The van der Waals surface area contributed by atoms with Crippen molar-refractivity contribution in [2.24, 2.45) is 0 Å². The van der Waals surface area contributed by atoms with Crippen molar-refractivity contribution in [3.63, 3.8) is 0 Å². The Balaban J connectivity index is 1.86. The molecule has 1 amide bonds. The number of halogens is 1. The normalized spacial score (nSPS) is 21.9. The number of hydrogen-bond acceptors (Lipinski definition) is 4. The van der Waals surface area contributed by atoms with Gasteiger partial charge in [0.05, 0.1) is 18.8 Å². The molecule has 2 aromatic rings. The molecule has 1 heterocycles. The molecule has 0 aromatic heterocycles. The van der Waals surface area contributed by atoms with Gasteiger partial charge in [-0.05, 0) is 29.7 Å². The van der Waals surface area contributed by atoms with Gasteiger partial charge >= 0.3 is 6.09 Å². The fraction of sp³-hybridized carbons (Fsp3) is 0.409. The Morgan fingerprint density at radius 1 is 1.18 bits per heavy atom. The summed E-state index contributed by atoms with van der Waals surface area (Å²) in [5, 5.41) is 19.4. The van der Waals surface area contributed by atoms with Gasteiger partial charge in [-0.15, -0.1) is 0 Å². The van der Waals surface area contributed by atoms with Crippen molar-refractivity contribution in [2.75, 3.05) is 13.2 Å². The zero-order valence-electron chi connectivity index (χ0n) is 15.9. The maximum atomic E-state index is 13.0. The Labute approximate surface area is 174 Å². The van der Waals surface area contributed by atoms with E-state index in [4.69, 9.17) is 4.74 Å². The molecule has 1 fully saturated rings. The third-order valence-electron chi connectivity index (χ3n) is 5.37. The molecule has 6 heteroatoms. The summed E-state index contributed by atoms with van der Waals surface area (Å²) in [4.78, 5) is 14.8. The zero-order chi connectivity index (χ0) is 20.1. The molecule has 0 saturated carbocycles. The number of aliphatic hydroxyl groups excluding tert-OH is 2. The van der Waals surface area contributed by atoms with E-state index < -0.39 is 17.8 Å². The Hall–Kier alpha value is -1.89. The number of aliphatic hydroxyl groups is 2. The topological polar surface area (TPSA) is 70.0 Å². The zero-order valence-corrected chi connectivity index (χ0v) is 17.5.